The highest BCUT2D eigenvalue weighted by molar-refractivity contribution is 4.97. The number of rotatable bonds is 5. The Morgan fingerprint density at radius 2 is 1.47 bits per heavy atom. The van der Waals surface area contributed by atoms with Gasteiger partial charge >= 0.3 is 0 Å². The van der Waals surface area contributed by atoms with Crippen molar-refractivity contribution in [2.24, 2.45) is 0 Å². The van der Waals surface area contributed by atoms with Gasteiger partial charge in [-0.2, -0.15) is 0 Å². The first-order chi connectivity index (χ1) is 8.84. The van der Waals surface area contributed by atoms with Crippen molar-refractivity contribution >= 4 is 0 Å². The summed E-state index contributed by atoms with van der Waals surface area (Å²) in [5, 5.41) is 74.7. The first-order valence-corrected chi connectivity index (χ1v) is 5.80. The monoisotopic (exact) mass is 284 g/mol. The molecule has 19 heavy (non-hydrogen) atoms. The third-order valence-corrected chi connectivity index (χ3v) is 3.20. The molecule has 0 amide bonds. The van der Waals surface area contributed by atoms with Crippen molar-refractivity contribution < 1.29 is 45.6 Å². The summed E-state index contributed by atoms with van der Waals surface area (Å²) < 4.78 is 5.00. The van der Waals surface area contributed by atoms with Gasteiger partial charge in [0.15, 0.2) is 0 Å². The van der Waals surface area contributed by atoms with E-state index in [1.54, 1.807) is 0 Å². The molecule has 9 heteroatoms. The maximum absolute atomic E-state index is 9.75. The fraction of sp³-hybridized carbons (Fsp3) is 1.00. The largest absolute Gasteiger partial charge is 0.394 e. The molecule has 1 saturated heterocycles. The highest BCUT2D eigenvalue weighted by Crippen LogP contribution is 2.25. The Balaban J connectivity index is 2.80. The van der Waals surface area contributed by atoms with Gasteiger partial charge in [0.1, 0.15) is 48.8 Å². The molecule has 1 rings (SSSR count). The minimum Gasteiger partial charge on any atom is -0.394 e. The maximum Gasteiger partial charge on any atom is 0.115 e. The summed E-state index contributed by atoms with van der Waals surface area (Å²) in [7, 11) is 0. The lowest BCUT2D eigenvalue weighted by atomic mass is 9.89. The molecule has 0 saturated carbocycles. The number of aliphatic hydroxyl groups is 8. The Bertz CT molecular complexity index is 274. The molecule has 9 nitrogen and oxygen atoms in total. The van der Waals surface area contributed by atoms with Crippen molar-refractivity contribution in [3.05, 3.63) is 0 Å². The summed E-state index contributed by atoms with van der Waals surface area (Å²) in [6, 6.07) is 0. The van der Waals surface area contributed by atoms with Crippen LogP contribution >= 0.6 is 0 Å². The van der Waals surface area contributed by atoms with E-state index in [4.69, 9.17) is 14.9 Å². The van der Waals surface area contributed by atoms with Gasteiger partial charge in [0.25, 0.3) is 0 Å². The van der Waals surface area contributed by atoms with E-state index in [0.29, 0.717) is 0 Å². The van der Waals surface area contributed by atoms with Crippen LogP contribution in [0.2, 0.25) is 0 Å². The fourth-order valence-electron chi connectivity index (χ4n) is 1.94. The van der Waals surface area contributed by atoms with Gasteiger partial charge < -0.3 is 45.6 Å². The third kappa shape index (κ3) is 3.40. The molecule has 0 radical (unpaired) electrons. The summed E-state index contributed by atoms with van der Waals surface area (Å²) in [5.41, 5.74) is 0. The second-order valence-electron chi connectivity index (χ2n) is 4.52. The molecule has 0 bridgehead atoms. The second kappa shape index (κ2) is 6.88. The van der Waals surface area contributed by atoms with Gasteiger partial charge in [-0.3, -0.25) is 0 Å². The average Bonchev–Trinajstić information content (AvgIpc) is 2.42. The molecule has 0 aromatic rings. The summed E-state index contributed by atoms with van der Waals surface area (Å²) in [6.07, 6.45) is -13.1. The van der Waals surface area contributed by atoms with Crippen LogP contribution in [0.5, 0.6) is 0 Å². The summed E-state index contributed by atoms with van der Waals surface area (Å²) >= 11 is 0. The van der Waals surface area contributed by atoms with Crippen LogP contribution < -0.4 is 0 Å². The maximum atomic E-state index is 9.75. The van der Waals surface area contributed by atoms with Gasteiger partial charge in [-0.1, -0.05) is 0 Å². The Morgan fingerprint density at radius 3 is 1.95 bits per heavy atom. The van der Waals surface area contributed by atoms with Crippen LogP contribution in [-0.4, -0.2) is 103 Å². The van der Waals surface area contributed by atoms with Crippen LogP contribution in [0.25, 0.3) is 0 Å². The summed E-state index contributed by atoms with van der Waals surface area (Å²) in [4.78, 5) is 0. The average molecular weight is 284 g/mol. The molecular formula is C10H20O9. The van der Waals surface area contributed by atoms with Crippen molar-refractivity contribution in [3.8, 4) is 0 Å². The van der Waals surface area contributed by atoms with E-state index in [9.17, 15) is 30.6 Å². The van der Waals surface area contributed by atoms with E-state index in [1.165, 1.54) is 0 Å². The fourth-order valence-corrected chi connectivity index (χ4v) is 1.94. The van der Waals surface area contributed by atoms with Gasteiger partial charge in [-0.15, -0.1) is 0 Å². The van der Waals surface area contributed by atoms with Crippen molar-refractivity contribution in [3.63, 3.8) is 0 Å². The molecule has 8 N–H and O–H groups in total. The second-order valence-corrected chi connectivity index (χ2v) is 4.52. The van der Waals surface area contributed by atoms with Gasteiger partial charge in [-0.05, 0) is 0 Å². The van der Waals surface area contributed by atoms with E-state index < -0.39 is 62.0 Å². The predicted molar refractivity (Wildman–Crippen MR) is 58.9 cm³/mol. The van der Waals surface area contributed by atoms with E-state index in [1.807, 2.05) is 0 Å². The standard InChI is InChI=1S/C10H20O9/c11-1-3(13)5(14)8(17)10-9(18)7(16)6(15)4(2-12)19-10/h3-18H,1-2H2/t3-,4-,5+,6-,7+,8?,9+,10?/m1/s1. The first-order valence-electron chi connectivity index (χ1n) is 5.80. The summed E-state index contributed by atoms with van der Waals surface area (Å²) in [6.45, 7) is -1.50. The normalized spacial score (nSPS) is 40.7. The topological polar surface area (TPSA) is 171 Å². The molecule has 1 aliphatic rings. The smallest absolute Gasteiger partial charge is 0.115 e. The molecule has 1 heterocycles. The highest BCUT2D eigenvalue weighted by Gasteiger charge is 2.48. The zero-order valence-corrected chi connectivity index (χ0v) is 10.0. The van der Waals surface area contributed by atoms with Gasteiger partial charge in [-0.25, -0.2) is 0 Å². The minimum absolute atomic E-state index is 0.674. The minimum atomic E-state index is -1.83. The van der Waals surface area contributed by atoms with Gasteiger partial charge in [0.2, 0.25) is 0 Å². The third-order valence-electron chi connectivity index (χ3n) is 3.20. The van der Waals surface area contributed by atoms with Crippen LogP contribution in [0.15, 0.2) is 0 Å². The van der Waals surface area contributed by atoms with Crippen LogP contribution in [0, 0.1) is 0 Å². The van der Waals surface area contributed by atoms with E-state index >= 15 is 0 Å². The van der Waals surface area contributed by atoms with Crippen LogP contribution in [0.4, 0.5) is 0 Å². The van der Waals surface area contributed by atoms with E-state index in [-0.39, 0.29) is 0 Å². The van der Waals surface area contributed by atoms with Crippen molar-refractivity contribution in [2.45, 2.75) is 48.8 Å². The molecule has 0 aliphatic carbocycles. The number of hydrogen-bond donors (Lipinski definition) is 8. The number of aliphatic hydroxyl groups excluding tert-OH is 8. The molecular weight excluding hydrogens is 264 g/mol. The van der Waals surface area contributed by atoms with Crippen LogP contribution in [-0.2, 0) is 4.74 Å². The lowest BCUT2D eigenvalue weighted by molar-refractivity contribution is -0.262. The zero-order valence-electron chi connectivity index (χ0n) is 10.0. The van der Waals surface area contributed by atoms with Crippen molar-refractivity contribution in [1.29, 1.82) is 0 Å². The molecule has 1 aliphatic heterocycles. The van der Waals surface area contributed by atoms with E-state index in [0.717, 1.165) is 0 Å². The lowest BCUT2D eigenvalue weighted by Gasteiger charge is -2.43. The van der Waals surface area contributed by atoms with Gasteiger partial charge in [0.05, 0.1) is 13.2 Å². The lowest BCUT2D eigenvalue weighted by Crippen LogP contribution is -2.64. The van der Waals surface area contributed by atoms with Crippen LogP contribution in [0.3, 0.4) is 0 Å². The Hall–Kier alpha value is -0.360. The Labute approximate surface area is 108 Å². The Kier molecular flexibility index (Phi) is 6.05. The predicted octanol–water partition coefficient (Wildman–Crippen LogP) is -5.10. The molecule has 0 aromatic heterocycles. The molecule has 114 valence electrons. The van der Waals surface area contributed by atoms with Crippen molar-refractivity contribution in [2.75, 3.05) is 13.2 Å². The molecule has 1 fully saturated rings. The van der Waals surface area contributed by atoms with E-state index in [2.05, 4.69) is 0 Å². The van der Waals surface area contributed by atoms with Crippen molar-refractivity contribution in [1.82, 2.24) is 0 Å². The quantitative estimate of drug-likeness (QED) is 0.246. The van der Waals surface area contributed by atoms with Crippen LogP contribution in [0.1, 0.15) is 0 Å². The summed E-state index contributed by atoms with van der Waals surface area (Å²) in [5.74, 6) is 0. The Morgan fingerprint density at radius 1 is 0.895 bits per heavy atom. The SMILES string of the molecule is OC[C@@H](O)[C@H](O)C(O)C1O[C@H](CO)[C@@H](O)[C@H](O)[C@@H]1O. The molecule has 0 aromatic carbocycles. The first kappa shape index (κ1) is 16.7. The molecule has 0 spiro atoms. The van der Waals surface area contributed by atoms with Gasteiger partial charge in [0, 0.05) is 0 Å². The highest BCUT2D eigenvalue weighted by atomic mass is 16.6. The zero-order chi connectivity index (χ0) is 14.7. The molecule has 2 unspecified atom stereocenters. The number of ether oxygens (including phenoxy) is 1. The number of hydrogen-bond acceptors (Lipinski definition) is 9. The molecule has 8 atom stereocenters.